The van der Waals surface area contributed by atoms with Crippen LogP contribution in [0.25, 0.3) is 0 Å². The predicted molar refractivity (Wildman–Crippen MR) is 60.5 cm³/mol. The molecule has 1 fully saturated rings. The van der Waals surface area contributed by atoms with E-state index in [4.69, 9.17) is 4.74 Å². The van der Waals surface area contributed by atoms with Crippen LogP contribution in [0.2, 0.25) is 0 Å². The third-order valence-corrected chi connectivity index (χ3v) is 3.23. The fourth-order valence-electron chi connectivity index (χ4n) is 2.26. The SMILES string of the molecule is CCOCCCC1CC(CC)CCN1. The van der Waals surface area contributed by atoms with Crippen LogP contribution in [-0.2, 0) is 4.74 Å². The molecule has 1 heterocycles. The number of hydrogen-bond donors (Lipinski definition) is 1. The minimum atomic E-state index is 0.758. The monoisotopic (exact) mass is 199 g/mol. The van der Waals surface area contributed by atoms with E-state index >= 15 is 0 Å². The second-order valence-corrected chi connectivity index (χ2v) is 4.29. The van der Waals surface area contributed by atoms with Gasteiger partial charge in [0.2, 0.25) is 0 Å². The van der Waals surface area contributed by atoms with Crippen LogP contribution in [-0.4, -0.2) is 25.8 Å². The zero-order valence-electron chi connectivity index (χ0n) is 9.72. The topological polar surface area (TPSA) is 21.3 Å². The molecule has 1 saturated heterocycles. The zero-order valence-corrected chi connectivity index (χ0v) is 9.72. The molecule has 14 heavy (non-hydrogen) atoms. The average Bonchev–Trinajstić information content (AvgIpc) is 2.25. The van der Waals surface area contributed by atoms with Crippen molar-refractivity contribution in [3.8, 4) is 0 Å². The third kappa shape index (κ3) is 4.43. The summed E-state index contributed by atoms with van der Waals surface area (Å²) in [6, 6.07) is 0.758. The van der Waals surface area contributed by atoms with Gasteiger partial charge in [-0.2, -0.15) is 0 Å². The van der Waals surface area contributed by atoms with Crippen molar-refractivity contribution in [1.82, 2.24) is 5.32 Å². The van der Waals surface area contributed by atoms with E-state index in [1.807, 2.05) is 0 Å². The van der Waals surface area contributed by atoms with E-state index in [-0.39, 0.29) is 0 Å². The Kier molecular flexibility index (Phi) is 6.20. The summed E-state index contributed by atoms with van der Waals surface area (Å²) >= 11 is 0. The van der Waals surface area contributed by atoms with Gasteiger partial charge in [-0.05, 0) is 45.1 Å². The van der Waals surface area contributed by atoms with E-state index in [0.717, 1.165) is 25.2 Å². The molecule has 2 heteroatoms. The summed E-state index contributed by atoms with van der Waals surface area (Å²) < 4.78 is 5.35. The summed E-state index contributed by atoms with van der Waals surface area (Å²) in [5.74, 6) is 0.966. The second kappa shape index (κ2) is 7.24. The molecule has 1 N–H and O–H groups in total. The number of ether oxygens (including phenoxy) is 1. The van der Waals surface area contributed by atoms with Crippen LogP contribution in [0.4, 0.5) is 0 Å². The van der Waals surface area contributed by atoms with Gasteiger partial charge in [-0.3, -0.25) is 0 Å². The smallest absolute Gasteiger partial charge is 0.0466 e. The number of rotatable bonds is 6. The Bertz CT molecular complexity index is 138. The Morgan fingerprint density at radius 1 is 1.36 bits per heavy atom. The van der Waals surface area contributed by atoms with Crippen LogP contribution in [0.1, 0.15) is 46.0 Å². The highest BCUT2D eigenvalue weighted by molar-refractivity contribution is 4.77. The van der Waals surface area contributed by atoms with Crippen LogP contribution in [0.5, 0.6) is 0 Å². The van der Waals surface area contributed by atoms with Crippen molar-refractivity contribution in [3.63, 3.8) is 0 Å². The Labute approximate surface area is 88.4 Å². The number of nitrogens with one attached hydrogen (secondary N) is 1. The van der Waals surface area contributed by atoms with Gasteiger partial charge in [0.15, 0.2) is 0 Å². The lowest BCUT2D eigenvalue weighted by Gasteiger charge is -2.29. The van der Waals surface area contributed by atoms with E-state index in [1.54, 1.807) is 0 Å². The average molecular weight is 199 g/mol. The quantitative estimate of drug-likeness (QED) is 0.664. The molecule has 0 aromatic carbocycles. The molecule has 1 rings (SSSR count). The molecule has 0 spiro atoms. The molecule has 1 aliphatic heterocycles. The van der Waals surface area contributed by atoms with Crippen molar-refractivity contribution in [2.45, 2.75) is 52.0 Å². The first-order chi connectivity index (χ1) is 6.86. The number of piperidine rings is 1. The normalized spacial score (nSPS) is 27.9. The lowest BCUT2D eigenvalue weighted by atomic mass is 9.88. The van der Waals surface area contributed by atoms with Crippen molar-refractivity contribution >= 4 is 0 Å². The van der Waals surface area contributed by atoms with Gasteiger partial charge in [0.05, 0.1) is 0 Å². The highest BCUT2D eigenvalue weighted by Crippen LogP contribution is 2.21. The van der Waals surface area contributed by atoms with E-state index in [2.05, 4.69) is 19.2 Å². The first kappa shape index (κ1) is 12.0. The minimum Gasteiger partial charge on any atom is -0.382 e. The van der Waals surface area contributed by atoms with Crippen LogP contribution >= 0.6 is 0 Å². The lowest BCUT2D eigenvalue weighted by molar-refractivity contribution is 0.137. The van der Waals surface area contributed by atoms with Gasteiger partial charge in [-0.1, -0.05) is 13.3 Å². The zero-order chi connectivity index (χ0) is 10.2. The Morgan fingerprint density at radius 3 is 2.93 bits per heavy atom. The molecule has 0 aliphatic carbocycles. The second-order valence-electron chi connectivity index (χ2n) is 4.29. The van der Waals surface area contributed by atoms with E-state index in [1.165, 1.54) is 38.6 Å². The molecule has 0 saturated carbocycles. The molecule has 1 aliphatic rings. The van der Waals surface area contributed by atoms with Gasteiger partial charge in [0.25, 0.3) is 0 Å². The highest BCUT2D eigenvalue weighted by Gasteiger charge is 2.19. The Hall–Kier alpha value is -0.0800. The Balaban J connectivity index is 2.05. The molecule has 0 aromatic heterocycles. The van der Waals surface area contributed by atoms with Crippen molar-refractivity contribution in [2.75, 3.05) is 19.8 Å². The molecule has 2 nitrogen and oxygen atoms in total. The summed E-state index contributed by atoms with van der Waals surface area (Å²) in [6.45, 7) is 7.39. The van der Waals surface area contributed by atoms with Gasteiger partial charge in [0, 0.05) is 19.3 Å². The van der Waals surface area contributed by atoms with Crippen LogP contribution in [0.15, 0.2) is 0 Å². The first-order valence-electron chi connectivity index (χ1n) is 6.18. The predicted octanol–water partition coefficient (Wildman–Crippen LogP) is 2.58. The third-order valence-electron chi connectivity index (χ3n) is 3.23. The maximum Gasteiger partial charge on any atom is 0.0466 e. The molecule has 0 aromatic rings. The number of hydrogen-bond acceptors (Lipinski definition) is 2. The van der Waals surface area contributed by atoms with Gasteiger partial charge in [-0.25, -0.2) is 0 Å². The van der Waals surface area contributed by atoms with Crippen LogP contribution < -0.4 is 5.32 Å². The van der Waals surface area contributed by atoms with Gasteiger partial charge < -0.3 is 10.1 Å². The fourth-order valence-corrected chi connectivity index (χ4v) is 2.26. The standard InChI is InChI=1S/C12H25NO/c1-3-11-7-8-13-12(10-11)6-5-9-14-4-2/h11-13H,3-10H2,1-2H3. The fraction of sp³-hybridized carbons (Fsp3) is 1.00. The summed E-state index contributed by atoms with van der Waals surface area (Å²) in [7, 11) is 0. The van der Waals surface area contributed by atoms with Gasteiger partial charge >= 0.3 is 0 Å². The molecule has 2 unspecified atom stereocenters. The van der Waals surface area contributed by atoms with Gasteiger partial charge in [-0.15, -0.1) is 0 Å². The minimum absolute atomic E-state index is 0.758. The van der Waals surface area contributed by atoms with E-state index in [0.29, 0.717) is 0 Å². The first-order valence-corrected chi connectivity index (χ1v) is 6.18. The van der Waals surface area contributed by atoms with Crippen LogP contribution in [0, 0.1) is 5.92 Å². The summed E-state index contributed by atoms with van der Waals surface area (Å²) in [5, 5.41) is 3.60. The summed E-state index contributed by atoms with van der Waals surface area (Å²) in [6.07, 6.45) is 6.60. The highest BCUT2D eigenvalue weighted by atomic mass is 16.5. The maximum atomic E-state index is 5.35. The summed E-state index contributed by atoms with van der Waals surface area (Å²) in [4.78, 5) is 0. The van der Waals surface area contributed by atoms with Crippen molar-refractivity contribution in [2.24, 2.45) is 5.92 Å². The van der Waals surface area contributed by atoms with E-state index in [9.17, 15) is 0 Å². The van der Waals surface area contributed by atoms with Crippen molar-refractivity contribution in [1.29, 1.82) is 0 Å². The summed E-state index contributed by atoms with van der Waals surface area (Å²) in [5.41, 5.74) is 0. The molecule has 84 valence electrons. The molecule has 0 amide bonds. The molecular weight excluding hydrogens is 174 g/mol. The Morgan fingerprint density at radius 2 is 2.21 bits per heavy atom. The molecule has 0 bridgehead atoms. The van der Waals surface area contributed by atoms with Crippen LogP contribution in [0.3, 0.4) is 0 Å². The van der Waals surface area contributed by atoms with Crippen molar-refractivity contribution < 1.29 is 4.74 Å². The maximum absolute atomic E-state index is 5.35. The molecule has 0 radical (unpaired) electrons. The lowest BCUT2D eigenvalue weighted by Crippen LogP contribution is -2.38. The van der Waals surface area contributed by atoms with E-state index < -0.39 is 0 Å². The molecule has 2 atom stereocenters. The van der Waals surface area contributed by atoms with Crippen molar-refractivity contribution in [3.05, 3.63) is 0 Å². The largest absolute Gasteiger partial charge is 0.382 e. The van der Waals surface area contributed by atoms with Gasteiger partial charge in [0.1, 0.15) is 0 Å². The molecular formula is C12H25NO.